The number of hydrogen-bond acceptors (Lipinski definition) is 2. The molecule has 1 saturated heterocycles. The Balaban J connectivity index is 2.08. The van der Waals surface area contributed by atoms with Crippen LogP contribution in [0.1, 0.15) is 0 Å². The first-order valence-corrected chi connectivity index (χ1v) is 4.90. The van der Waals surface area contributed by atoms with Gasteiger partial charge in [-0.05, 0) is 18.2 Å². The third-order valence-electron chi connectivity index (χ3n) is 2.88. The molecule has 15 heavy (non-hydrogen) atoms. The van der Waals surface area contributed by atoms with Gasteiger partial charge in [0.25, 0.3) is 0 Å². The van der Waals surface area contributed by atoms with Crippen LogP contribution in [0.15, 0.2) is 48.0 Å². The second-order valence-electron chi connectivity index (χ2n) is 3.75. The average molecular weight is 201 g/mol. The van der Waals surface area contributed by atoms with E-state index in [0.29, 0.717) is 6.54 Å². The smallest absolute Gasteiger partial charge is 0.320 e. The van der Waals surface area contributed by atoms with Crippen LogP contribution in [0.4, 0.5) is 4.79 Å². The summed E-state index contributed by atoms with van der Waals surface area (Å²) in [5, 5.41) is 0. The topological polar surface area (TPSA) is 49.6 Å². The molecular weight excluding hydrogens is 190 g/mol. The predicted octanol–water partition coefficient (Wildman–Crippen LogP) is 0.916. The van der Waals surface area contributed by atoms with E-state index in [1.807, 2.05) is 30.4 Å². The van der Waals surface area contributed by atoms with E-state index in [-0.39, 0.29) is 6.04 Å². The lowest BCUT2D eigenvalue weighted by atomic mass is 10.1. The van der Waals surface area contributed by atoms with Crippen molar-refractivity contribution in [3.8, 4) is 0 Å². The van der Waals surface area contributed by atoms with Crippen LogP contribution >= 0.6 is 0 Å². The minimum absolute atomic E-state index is 0.230. The molecule has 3 heterocycles. The third kappa shape index (κ3) is 1.05. The molecule has 0 spiro atoms. The normalized spacial score (nSPS) is 26.3. The van der Waals surface area contributed by atoms with Gasteiger partial charge in [-0.15, -0.1) is 0 Å². The van der Waals surface area contributed by atoms with E-state index in [4.69, 9.17) is 5.73 Å². The average Bonchev–Trinajstić information content (AvgIpc) is 2.61. The molecule has 76 valence electrons. The van der Waals surface area contributed by atoms with Crippen LogP contribution in [0.25, 0.3) is 0 Å². The molecule has 4 heteroatoms. The van der Waals surface area contributed by atoms with Crippen molar-refractivity contribution in [3.05, 3.63) is 48.0 Å². The molecule has 0 aromatic rings. The first-order chi connectivity index (χ1) is 7.27. The highest BCUT2D eigenvalue weighted by molar-refractivity contribution is 5.75. The zero-order chi connectivity index (χ0) is 10.4. The number of carbonyl (C=O) groups excluding carboxylic acids is 1. The zero-order valence-corrected chi connectivity index (χ0v) is 8.13. The van der Waals surface area contributed by atoms with Crippen LogP contribution in [0.2, 0.25) is 0 Å². The molecule has 3 aliphatic rings. The Morgan fingerprint density at radius 3 is 3.07 bits per heavy atom. The van der Waals surface area contributed by atoms with E-state index in [2.05, 4.69) is 11.0 Å². The monoisotopic (exact) mass is 201 g/mol. The van der Waals surface area contributed by atoms with Crippen LogP contribution in [-0.2, 0) is 0 Å². The number of nitrogens with zero attached hydrogens (tertiary/aromatic N) is 2. The van der Waals surface area contributed by atoms with E-state index in [1.54, 1.807) is 4.90 Å². The number of urea groups is 1. The highest BCUT2D eigenvalue weighted by atomic mass is 16.2. The minimum atomic E-state index is -0.390. The highest BCUT2D eigenvalue weighted by Gasteiger charge is 2.38. The zero-order valence-electron chi connectivity index (χ0n) is 8.13. The highest BCUT2D eigenvalue weighted by Crippen LogP contribution is 2.34. The first-order valence-electron chi connectivity index (χ1n) is 4.90. The molecule has 3 rings (SSSR count). The van der Waals surface area contributed by atoms with Gasteiger partial charge in [-0.25, -0.2) is 4.79 Å². The van der Waals surface area contributed by atoms with Crippen molar-refractivity contribution >= 4 is 6.03 Å². The maximum Gasteiger partial charge on any atom is 0.320 e. The van der Waals surface area contributed by atoms with E-state index in [1.165, 1.54) is 0 Å². The molecular formula is C11H11N3O. The SMILES string of the molecule is NC(=O)N1CC2C=CC=C3C=CC=C1N32. The molecule has 4 nitrogen and oxygen atoms in total. The molecule has 0 radical (unpaired) electrons. The van der Waals surface area contributed by atoms with Crippen LogP contribution in [0.5, 0.6) is 0 Å². The van der Waals surface area contributed by atoms with Crippen molar-refractivity contribution in [2.75, 3.05) is 6.54 Å². The van der Waals surface area contributed by atoms with E-state index < -0.39 is 6.03 Å². The summed E-state index contributed by atoms with van der Waals surface area (Å²) in [6, 6.07) is -0.160. The maximum atomic E-state index is 11.3. The summed E-state index contributed by atoms with van der Waals surface area (Å²) in [4.78, 5) is 15.0. The molecule has 1 fully saturated rings. The summed E-state index contributed by atoms with van der Waals surface area (Å²) < 4.78 is 0. The predicted molar refractivity (Wildman–Crippen MR) is 56.4 cm³/mol. The summed E-state index contributed by atoms with van der Waals surface area (Å²) in [5.41, 5.74) is 6.45. The van der Waals surface area contributed by atoms with Gasteiger partial charge in [0.1, 0.15) is 5.82 Å². The van der Waals surface area contributed by atoms with Crippen molar-refractivity contribution in [2.24, 2.45) is 5.73 Å². The van der Waals surface area contributed by atoms with E-state index >= 15 is 0 Å². The molecule has 0 saturated carbocycles. The minimum Gasteiger partial charge on any atom is -0.351 e. The summed E-state index contributed by atoms with van der Waals surface area (Å²) >= 11 is 0. The van der Waals surface area contributed by atoms with Gasteiger partial charge in [0.05, 0.1) is 12.6 Å². The molecule has 1 atom stereocenters. The summed E-state index contributed by atoms with van der Waals surface area (Å²) in [5.74, 6) is 0.880. The van der Waals surface area contributed by atoms with Gasteiger partial charge >= 0.3 is 6.03 Å². The lowest BCUT2D eigenvalue weighted by Crippen LogP contribution is -2.33. The number of hydrogen-bond donors (Lipinski definition) is 1. The second-order valence-corrected chi connectivity index (χ2v) is 3.75. The molecule has 0 aromatic heterocycles. The van der Waals surface area contributed by atoms with Gasteiger partial charge in [0.15, 0.2) is 0 Å². The Morgan fingerprint density at radius 2 is 2.27 bits per heavy atom. The fourth-order valence-corrected chi connectivity index (χ4v) is 2.24. The van der Waals surface area contributed by atoms with E-state index in [9.17, 15) is 4.79 Å². The quantitative estimate of drug-likeness (QED) is 0.633. The molecule has 2 amide bonds. The van der Waals surface area contributed by atoms with Crippen LogP contribution in [0, 0.1) is 0 Å². The van der Waals surface area contributed by atoms with Crippen molar-refractivity contribution in [1.29, 1.82) is 0 Å². The van der Waals surface area contributed by atoms with Gasteiger partial charge < -0.3 is 10.6 Å². The van der Waals surface area contributed by atoms with Gasteiger partial charge in [-0.3, -0.25) is 4.90 Å². The Bertz CT molecular complexity index is 445. The maximum absolute atomic E-state index is 11.3. The number of rotatable bonds is 0. The fraction of sp³-hybridized carbons (Fsp3) is 0.182. The Labute approximate surface area is 87.6 Å². The Morgan fingerprint density at radius 1 is 1.40 bits per heavy atom. The molecule has 2 N–H and O–H groups in total. The van der Waals surface area contributed by atoms with E-state index in [0.717, 1.165) is 11.5 Å². The van der Waals surface area contributed by atoms with Crippen LogP contribution < -0.4 is 5.73 Å². The van der Waals surface area contributed by atoms with Crippen LogP contribution in [-0.4, -0.2) is 28.4 Å². The number of primary amides is 1. The van der Waals surface area contributed by atoms with Gasteiger partial charge in [-0.1, -0.05) is 18.2 Å². The van der Waals surface area contributed by atoms with Crippen LogP contribution in [0.3, 0.4) is 0 Å². The molecule has 1 unspecified atom stereocenters. The number of nitrogens with two attached hydrogens (primary N) is 1. The standard InChI is InChI=1S/C11H11N3O/c12-11(15)13-7-9-5-1-3-8-4-2-6-10(13)14(8)9/h1-6,9H,7H2,(H2,12,15). The summed E-state index contributed by atoms with van der Waals surface area (Å²) in [6.45, 7) is 0.636. The summed E-state index contributed by atoms with van der Waals surface area (Å²) in [7, 11) is 0. The number of allylic oxidation sites excluding steroid dienone is 5. The lowest BCUT2D eigenvalue weighted by molar-refractivity contribution is 0.224. The van der Waals surface area contributed by atoms with Gasteiger partial charge in [0.2, 0.25) is 0 Å². The lowest BCUT2D eigenvalue weighted by Gasteiger charge is -2.30. The Kier molecular flexibility index (Phi) is 1.54. The molecule has 0 aromatic carbocycles. The van der Waals surface area contributed by atoms with Gasteiger partial charge in [0, 0.05) is 5.70 Å². The number of carbonyl (C=O) groups is 1. The van der Waals surface area contributed by atoms with Crippen molar-refractivity contribution in [1.82, 2.24) is 9.80 Å². The van der Waals surface area contributed by atoms with Crippen molar-refractivity contribution in [2.45, 2.75) is 6.04 Å². The number of amides is 2. The Hall–Kier alpha value is -1.97. The van der Waals surface area contributed by atoms with Gasteiger partial charge in [-0.2, -0.15) is 0 Å². The van der Waals surface area contributed by atoms with Crippen molar-refractivity contribution in [3.63, 3.8) is 0 Å². The first kappa shape index (κ1) is 8.35. The molecule has 0 aliphatic carbocycles. The molecule has 3 aliphatic heterocycles. The third-order valence-corrected chi connectivity index (χ3v) is 2.88. The largest absolute Gasteiger partial charge is 0.351 e. The molecule has 0 bridgehead atoms. The summed E-state index contributed by atoms with van der Waals surface area (Å²) in [6.07, 6.45) is 12.0. The van der Waals surface area contributed by atoms with Crippen molar-refractivity contribution < 1.29 is 4.79 Å². The fourth-order valence-electron chi connectivity index (χ4n) is 2.24. The second kappa shape index (κ2) is 2.76.